The first-order valence-corrected chi connectivity index (χ1v) is 12.2. The fourth-order valence-corrected chi connectivity index (χ4v) is 4.24. The van der Waals surface area contributed by atoms with E-state index in [4.69, 9.17) is 0 Å². The summed E-state index contributed by atoms with van der Waals surface area (Å²) in [4.78, 5) is 42.1. The number of sulfonamides is 1. The monoisotopic (exact) mass is 538 g/mol. The highest BCUT2D eigenvalue weighted by molar-refractivity contribution is 7.89. The van der Waals surface area contributed by atoms with Gasteiger partial charge in [0.25, 0.3) is 27.0 Å². The predicted octanol–water partition coefficient (Wildman–Crippen LogP) is 2.46. The Kier molecular flexibility index (Phi) is 6.96. The molecule has 14 nitrogen and oxygen atoms in total. The topological polar surface area (TPSA) is 211 Å². The fraction of sp³-hybridized carbons (Fsp3) is 0.0870. The van der Waals surface area contributed by atoms with E-state index < -0.39 is 42.9 Å². The molecule has 4 rings (SSSR count). The quantitative estimate of drug-likeness (QED) is 0.170. The number of nitrogens with zero attached hydrogens (tertiary/aromatic N) is 4. The molecule has 3 aromatic carbocycles. The summed E-state index contributed by atoms with van der Waals surface area (Å²) in [5.41, 5.74) is -1.50. The minimum absolute atomic E-state index is 0.0253. The molecule has 0 unspecified atom stereocenters. The van der Waals surface area contributed by atoms with Crippen molar-refractivity contribution < 1.29 is 23.4 Å². The molecule has 0 amide bonds. The van der Waals surface area contributed by atoms with Gasteiger partial charge in [0, 0.05) is 24.3 Å². The van der Waals surface area contributed by atoms with Crippen LogP contribution in [-0.2, 0) is 10.0 Å². The number of rotatable bonds is 8. The first-order chi connectivity index (χ1) is 18.0. The maximum Gasteiger partial charge on any atom is 0.276 e. The number of benzene rings is 3. The van der Waals surface area contributed by atoms with E-state index in [1.54, 1.807) is 19.1 Å². The van der Waals surface area contributed by atoms with Gasteiger partial charge in [-0.2, -0.15) is 18.4 Å². The smallest absolute Gasteiger partial charge is 0.276 e. The lowest BCUT2D eigenvalue weighted by Crippen LogP contribution is -2.29. The van der Waals surface area contributed by atoms with E-state index in [1.165, 1.54) is 30.3 Å². The molecular formula is C23H18N6O8S. The van der Waals surface area contributed by atoms with E-state index in [-0.39, 0.29) is 32.9 Å². The Morgan fingerprint density at radius 3 is 2.21 bits per heavy atom. The number of aliphatic hydroxyl groups excluding tert-OH is 1. The third kappa shape index (κ3) is 5.37. The highest BCUT2D eigenvalue weighted by Gasteiger charge is 2.25. The molecule has 15 heteroatoms. The Balaban J connectivity index is 1.83. The number of hydrazone groups is 1. The van der Waals surface area contributed by atoms with Crippen LogP contribution >= 0.6 is 0 Å². The Morgan fingerprint density at radius 1 is 1.00 bits per heavy atom. The number of aryl methyl sites for hydroxylation is 1. The first-order valence-electron chi connectivity index (χ1n) is 10.7. The normalized spacial score (nSPS) is 12.7. The van der Waals surface area contributed by atoms with E-state index in [0.29, 0.717) is 0 Å². The van der Waals surface area contributed by atoms with Crippen molar-refractivity contribution in [1.82, 2.24) is 14.8 Å². The van der Waals surface area contributed by atoms with Crippen molar-refractivity contribution in [3.8, 4) is 0 Å². The lowest BCUT2D eigenvalue weighted by atomic mass is 10.0. The lowest BCUT2D eigenvalue weighted by Gasteiger charge is -2.14. The van der Waals surface area contributed by atoms with Gasteiger partial charge in [-0.05, 0) is 42.8 Å². The second-order valence-corrected chi connectivity index (χ2v) is 9.69. The van der Waals surface area contributed by atoms with Gasteiger partial charge in [-0.3, -0.25) is 25.0 Å². The molecule has 0 fully saturated rings. The van der Waals surface area contributed by atoms with Crippen molar-refractivity contribution in [2.75, 3.05) is 0 Å². The van der Waals surface area contributed by atoms with Gasteiger partial charge in [-0.25, -0.2) is 4.98 Å². The lowest BCUT2D eigenvalue weighted by molar-refractivity contribution is -0.385. The van der Waals surface area contributed by atoms with Gasteiger partial charge in [-0.15, -0.1) is 0 Å². The summed E-state index contributed by atoms with van der Waals surface area (Å²) in [6, 6.07) is 14.0. The zero-order chi connectivity index (χ0) is 27.6. The number of aromatic nitrogens is 2. The molecule has 0 radical (unpaired) electrons. The number of hydrogen-bond acceptors (Lipinski definition) is 10. The van der Waals surface area contributed by atoms with Crippen LogP contribution in [0.4, 0.5) is 11.4 Å². The van der Waals surface area contributed by atoms with Crippen molar-refractivity contribution in [2.24, 2.45) is 5.10 Å². The van der Waals surface area contributed by atoms with E-state index in [0.717, 1.165) is 29.8 Å². The molecule has 1 heterocycles. The highest BCUT2D eigenvalue weighted by atomic mass is 32.2. The van der Waals surface area contributed by atoms with E-state index >= 15 is 0 Å². The van der Waals surface area contributed by atoms with Crippen molar-refractivity contribution in [2.45, 2.75) is 17.9 Å². The molecule has 0 aliphatic carbocycles. The number of H-pyrrole nitrogens is 1. The number of aromatic amines is 1. The van der Waals surface area contributed by atoms with Gasteiger partial charge in [0.15, 0.2) is 5.69 Å². The third-order valence-electron chi connectivity index (χ3n) is 5.43. The van der Waals surface area contributed by atoms with Crippen LogP contribution in [0.25, 0.3) is 11.0 Å². The number of aliphatic hydroxyl groups is 1. The molecule has 0 aliphatic rings. The second-order valence-electron chi connectivity index (χ2n) is 8.03. The molecule has 1 atom stereocenters. The SMILES string of the molecule is Cc1ccc(S(=O)(=O)N/N=C(/c2nc3ccc([N+](=O)[O-])cc3[nH]c2=O)[C@H](O)c2ccc([N+](=O)[O-])cc2)cc1. The number of non-ortho nitro benzene ring substituents is 2. The second kappa shape index (κ2) is 10.2. The molecule has 3 N–H and O–H groups in total. The maximum absolute atomic E-state index is 12.9. The minimum Gasteiger partial charge on any atom is -0.382 e. The number of nitro groups is 2. The van der Waals surface area contributed by atoms with Crippen LogP contribution in [0.5, 0.6) is 0 Å². The van der Waals surface area contributed by atoms with E-state index in [9.17, 15) is 38.5 Å². The number of fused-ring (bicyclic) bond motifs is 1. The number of nitro benzene ring substituents is 2. The molecule has 1 aromatic heterocycles. The van der Waals surface area contributed by atoms with Crippen molar-refractivity contribution >= 4 is 38.1 Å². The molecule has 0 spiro atoms. The van der Waals surface area contributed by atoms with Gasteiger partial charge in [0.1, 0.15) is 11.8 Å². The fourth-order valence-electron chi connectivity index (χ4n) is 3.42. The Labute approximate surface area is 213 Å². The molecule has 38 heavy (non-hydrogen) atoms. The van der Waals surface area contributed by atoms with E-state index in [2.05, 4.69) is 15.1 Å². The van der Waals surface area contributed by atoms with Gasteiger partial charge in [0.05, 0.1) is 25.8 Å². The van der Waals surface area contributed by atoms with Crippen molar-refractivity contribution in [3.63, 3.8) is 0 Å². The summed E-state index contributed by atoms with van der Waals surface area (Å²) in [5.74, 6) is 0. The van der Waals surface area contributed by atoms with Gasteiger partial charge in [-0.1, -0.05) is 17.7 Å². The summed E-state index contributed by atoms with van der Waals surface area (Å²) in [5, 5.41) is 36.9. The average Bonchev–Trinajstić information content (AvgIpc) is 2.88. The van der Waals surface area contributed by atoms with Crippen LogP contribution in [-0.4, -0.2) is 39.1 Å². The maximum atomic E-state index is 12.9. The summed E-state index contributed by atoms with van der Waals surface area (Å²) in [7, 11) is -4.24. The highest BCUT2D eigenvalue weighted by Crippen LogP contribution is 2.23. The summed E-state index contributed by atoms with van der Waals surface area (Å²) >= 11 is 0. The van der Waals surface area contributed by atoms with Crippen LogP contribution in [0.1, 0.15) is 22.9 Å². The Bertz CT molecular complexity index is 1750. The zero-order valence-electron chi connectivity index (χ0n) is 19.4. The first kappa shape index (κ1) is 26.1. The third-order valence-corrected chi connectivity index (χ3v) is 6.65. The molecule has 0 saturated heterocycles. The number of hydrogen-bond donors (Lipinski definition) is 3. The molecular weight excluding hydrogens is 520 g/mol. The van der Waals surface area contributed by atoms with E-state index in [1.807, 2.05) is 4.83 Å². The van der Waals surface area contributed by atoms with Crippen LogP contribution in [0, 0.1) is 27.2 Å². The van der Waals surface area contributed by atoms with Crippen LogP contribution < -0.4 is 10.4 Å². The Morgan fingerprint density at radius 2 is 1.61 bits per heavy atom. The number of nitrogens with one attached hydrogen (secondary N) is 2. The molecule has 0 bridgehead atoms. The standard InChI is InChI=1S/C23H18N6O8S/c1-13-2-9-17(10-3-13)38(36,37)27-26-20(22(30)14-4-6-15(7-5-14)28(32)33)21-23(31)25-19-12-16(29(34)35)8-11-18(19)24-21/h2-12,22,27,30H,1H3,(H,25,31)/b26-20-/t22-/m1/s1. The minimum atomic E-state index is -4.24. The van der Waals surface area contributed by atoms with Crippen LogP contribution in [0.3, 0.4) is 0 Å². The van der Waals surface area contributed by atoms with Crippen LogP contribution in [0.2, 0.25) is 0 Å². The summed E-state index contributed by atoms with van der Waals surface area (Å²) < 4.78 is 25.6. The molecule has 194 valence electrons. The van der Waals surface area contributed by atoms with Gasteiger partial charge >= 0.3 is 0 Å². The Hall–Kier alpha value is -5.02. The predicted molar refractivity (Wildman–Crippen MR) is 135 cm³/mol. The van der Waals surface area contributed by atoms with Gasteiger partial charge < -0.3 is 10.1 Å². The summed E-state index contributed by atoms with van der Waals surface area (Å²) in [6.45, 7) is 1.77. The van der Waals surface area contributed by atoms with Gasteiger partial charge in [0.2, 0.25) is 0 Å². The average molecular weight is 538 g/mol. The molecule has 0 aliphatic heterocycles. The van der Waals surface area contributed by atoms with Crippen molar-refractivity contribution in [3.05, 3.63) is 114 Å². The molecule has 0 saturated carbocycles. The summed E-state index contributed by atoms with van der Waals surface area (Å²) in [6.07, 6.45) is -1.75. The van der Waals surface area contributed by atoms with Crippen LogP contribution in [0.15, 0.2) is 81.5 Å². The largest absolute Gasteiger partial charge is 0.382 e. The molecule has 4 aromatic rings. The van der Waals surface area contributed by atoms with Crippen molar-refractivity contribution in [1.29, 1.82) is 0 Å². The zero-order valence-corrected chi connectivity index (χ0v) is 20.2.